The van der Waals surface area contributed by atoms with Gasteiger partial charge >= 0.3 is 6.18 Å². The number of aromatic nitrogens is 1. The minimum Gasteiger partial charge on any atom is -0.384 e. The van der Waals surface area contributed by atoms with Gasteiger partial charge in [0.25, 0.3) is 0 Å². The topological polar surface area (TPSA) is 75.1 Å². The van der Waals surface area contributed by atoms with Crippen molar-refractivity contribution in [1.82, 2.24) is 9.47 Å². The number of alkyl halides is 3. The zero-order valence-corrected chi connectivity index (χ0v) is 19.2. The van der Waals surface area contributed by atoms with Crippen molar-refractivity contribution in [2.75, 3.05) is 6.54 Å². The fraction of sp³-hybridized carbons (Fsp3) is 0.385. The van der Waals surface area contributed by atoms with E-state index in [0.29, 0.717) is 17.7 Å². The summed E-state index contributed by atoms with van der Waals surface area (Å²) in [4.78, 5) is 14.8. The smallest absolute Gasteiger partial charge is 0.384 e. The lowest BCUT2D eigenvalue weighted by atomic mass is 10.0. The molecular formula is C26H29F3N4O. The second kappa shape index (κ2) is 9.52. The van der Waals surface area contributed by atoms with E-state index in [1.807, 2.05) is 23.1 Å². The molecule has 3 N–H and O–H groups in total. The van der Waals surface area contributed by atoms with Crippen LogP contribution in [0.15, 0.2) is 48.5 Å². The third-order valence-electron chi connectivity index (χ3n) is 6.66. The molecule has 1 aliphatic rings. The molecule has 2 aromatic carbocycles. The van der Waals surface area contributed by atoms with Crippen LogP contribution in [0.5, 0.6) is 0 Å². The Morgan fingerprint density at radius 1 is 1.18 bits per heavy atom. The number of likely N-dealkylation sites (tertiary alicyclic amines) is 1. The molecule has 180 valence electrons. The molecule has 0 bridgehead atoms. The zero-order valence-electron chi connectivity index (χ0n) is 19.2. The van der Waals surface area contributed by atoms with Gasteiger partial charge in [-0.1, -0.05) is 30.3 Å². The molecule has 0 aliphatic carbocycles. The highest BCUT2D eigenvalue weighted by atomic mass is 19.4. The number of nitrogens with two attached hydrogens (primary N) is 1. The summed E-state index contributed by atoms with van der Waals surface area (Å²) >= 11 is 0. The van der Waals surface area contributed by atoms with Crippen molar-refractivity contribution in [3.8, 4) is 0 Å². The number of nitrogens with one attached hydrogen (secondary N) is 1. The van der Waals surface area contributed by atoms with E-state index in [9.17, 15) is 18.0 Å². The van der Waals surface area contributed by atoms with Crippen LogP contribution in [-0.2, 0) is 30.4 Å². The Morgan fingerprint density at radius 3 is 2.68 bits per heavy atom. The van der Waals surface area contributed by atoms with Crippen molar-refractivity contribution in [3.05, 3.63) is 70.9 Å². The molecule has 0 saturated carbocycles. The number of nitrogens with zero attached hydrogens (tertiary/aromatic N) is 2. The molecule has 0 unspecified atom stereocenters. The lowest BCUT2D eigenvalue weighted by Crippen LogP contribution is -2.37. The number of carbonyl (C=O) groups excluding carboxylic acids is 1. The summed E-state index contributed by atoms with van der Waals surface area (Å²) in [5.74, 6) is -0.0860. The second-order valence-electron chi connectivity index (χ2n) is 8.86. The Labute approximate surface area is 196 Å². The van der Waals surface area contributed by atoms with Gasteiger partial charge in [-0.2, -0.15) is 13.2 Å². The van der Waals surface area contributed by atoms with Crippen LogP contribution in [0, 0.1) is 5.41 Å². The van der Waals surface area contributed by atoms with Crippen molar-refractivity contribution in [1.29, 1.82) is 5.41 Å². The minimum atomic E-state index is -4.42. The van der Waals surface area contributed by atoms with Crippen LogP contribution >= 0.6 is 0 Å². The molecule has 0 spiro atoms. The molecule has 1 fully saturated rings. The lowest BCUT2D eigenvalue weighted by Gasteiger charge is -2.25. The zero-order chi connectivity index (χ0) is 24.5. The van der Waals surface area contributed by atoms with Crippen molar-refractivity contribution < 1.29 is 18.0 Å². The van der Waals surface area contributed by atoms with Gasteiger partial charge in [0.05, 0.1) is 12.0 Å². The molecule has 0 radical (unpaired) electrons. The third-order valence-corrected chi connectivity index (χ3v) is 6.66. The molecule has 1 aromatic heterocycles. The summed E-state index contributed by atoms with van der Waals surface area (Å²) in [6, 6.07) is 13.0. The first-order chi connectivity index (χ1) is 16.2. The van der Waals surface area contributed by atoms with Crippen LogP contribution in [0.4, 0.5) is 13.2 Å². The summed E-state index contributed by atoms with van der Waals surface area (Å²) in [7, 11) is 0. The van der Waals surface area contributed by atoms with Crippen LogP contribution in [0.1, 0.15) is 48.6 Å². The largest absolute Gasteiger partial charge is 0.416 e. The first-order valence-corrected chi connectivity index (χ1v) is 11.6. The molecule has 1 amide bonds. The summed E-state index contributed by atoms with van der Waals surface area (Å²) in [5.41, 5.74) is 8.20. The Kier molecular flexibility index (Phi) is 6.68. The number of fused-ring (bicyclic) bond motifs is 1. The fourth-order valence-electron chi connectivity index (χ4n) is 4.97. The van der Waals surface area contributed by atoms with Crippen LogP contribution in [0.25, 0.3) is 10.9 Å². The Hall–Kier alpha value is -3.29. The maximum atomic E-state index is 13.0. The average Bonchev–Trinajstić information content (AvgIpc) is 3.40. The van der Waals surface area contributed by atoms with Gasteiger partial charge in [0, 0.05) is 35.9 Å². The van der Waals surface area contributed by atoms with Gasteiger partial charge in [-0.3, -0.25) is 10.2 Å². The summed E-state index contributed by atoms with van der Waals surface area (Å²) in [5, 5.41) is 8.79. The minimum absolute atomic E-state index is 0.0243. The van der Waals surface area contributed by atoms with E-state index in [0.717, 1.165) is 61.0 Å². The predicted octanol–water partition coefficient (Wildman–Crippen LogP) is 5.13. The molecule has 1 atom stereocenters. The molecule has 2 heterocycles. The van der Waals surface area contributed by atoms with Crippen molar-refractivity contribution in [2.24, 2.45) is 5.73 Å². The molecule has 3 aromatic rings. The van der Waals surface area contributed by atoms with Crippen LogP contribution < -0.4 is 5.73 Å². The number of carbonyl (C=O) groups is 1. The first-order valence-electron chi connectivity index (χ1n) is 11.6. The van der Waals surface area contributed by atoms with Crippen molar-refractivity contribution in [3.63, 3.8) is 0 Å². The van der Waals surface area contributed by atoms with E-state index < -0.39 is 11.7 Å². The van der Waals surface area contributed by atoms with E-state index in [1.54, 1.807) is 6.07 Å². The number of amidine groups is 1. The van der Waals surface area contributed by atoms with Crippen LogP contribution in [0.2, 0.25) is 0 Å². The summed E-state index contributed by atoms with van der Waals surface area (Å²) in [6.45, 7) is 3.49. The number of amides is 1. The quantitative estimate of drug-likeness (QED) is 0.371. The number of benzene rings is 2. The maximum Gasteiger partial charge on any atom is 0.416 e. The standard InChI is InChI=1S/C26H29F3N4O/c1-2-32-22(15-18-8-9-19(25(30)31)16-23(18)32)11-10-21-7-4-12-33(21)24(34)14-17-5-3-6-20(13-17)26(27,28)29/h3,5-6,8-9,13,15-16,21H,2,4,7,10-12,14H2,1H3,(H3,30,31)/t21-/m0/s1. The Balaban J connectivity index is 1.46. The monoisotopic (exact) mass is 470 g/mol. The van der Waals surface area contributed by atoms with E-state index >= 15 is 0 Å². The van der Waals surface area contributed by atoms with Gasteiger partial charge in [-0.05, 0) is 61.8 Å². The van der Waals surface area contributed by atoms with Gasteiger partial charge in [0.15, 0.2) is 0 Å². The normalized spacial score (nSPS) is 16.4. The SMILES string of the molecule is CCn1c(CC[C@@H]2CCCN2C(=O)Cc2cccc(C(F)(F)F)c2)cc2ccc(C(=N)N)cc21. The van der Waals surface area contributed by atoms with E-state index in [-0.39, 0.29) is 24.2 Å². The van der Waals surface area contributed by atoms with Crippen molar-refractivity contribution >= 4 is 22.6 Å². The Morgan fingerprint density at radius 2 is 1.97 bits per heavy atom. The van der Waals surface area contributed by atoms with Gasteiger partial charge in [-0.15, -0.1) is 0 Å². The molecule has 5 nitrogen and oxygen atoms in total. The number of rotatable bonds is 7. The summed E-state index contributed by atoms with van der Waals surface area (Å²) < 4.78 is 41.3. The van der Waals surface area contributed by atoms with Gasteiger partial charge in [0.1, 0.15) is 5.84 Å². The molecule has 1 aliphatic heterocycles. The average molecular weight is 471 g/mol. The number of aryl methyl sites for hydroxylation is 2. The van der Waals surface area contributed by atoms with E-state index in [1.165, 1.54) is 6.07 Å². The van der Waals surface area contributed by atoms with E-state index in [2.05, 4.69) is 17.6 Å². The third kappa shape index (κ3) is 4.95. The number of hydrogen-bond acceptors (Lipinski definition) is 2. The van der Waals surface area contributed by atoms with Crippen molar-refractivity contribution in [2.45, 2.75) is 57.8 Å². The van der Waals surface area contributed by atoms with Gasteiger partial charge < -0.3 is 15.2 Å². The summed E-state index contributed by atoms with van der Waals surface area (Å²) in [6.07, 6.45) is -1.06. The number of nitrogen functional groups attached to an aromatic ring is 1. The predicted molar refractivity (Wildman–Crippen MR) is 127 cm³/mol. The maximum absolute atomic E-state index is 13.0. The molecule has 34 heavy (non-hydrogen) atoms. The molecule has 8 heteroatoms. The lowest BCUT2D eigenvalue weighted by molar-refractivity contribution is -0.138. The van der Waals surface area contributed by atoms with Gasteiger partial charge in [0.2, 0.25) is 5.91 Å². The van der Waals surface area contributed by atoms with Crippen LogP contribution in [0.3, 0.4) is 0 Å². The Bertz CT molecular complexity index is 1210. The molecule has 4 rings (SSSR count). The molecular weight excluding hydrogens is 441 g/mol. The highest BCUT2D eigenvalue weighted by Crippen LogP contribution is 2.30. The van der Waals surface area contributed by atoms with E-state index in [4.69, 9.17) is 11.1 Å². The number of halogens is 3. The highest BCUT2D eigenvalue weighted by Gasteiger charge is 2.32. The first kappa shape index (κ1) is 23.9. The fourth-order valence-corrected chi connectivity index (χ4v) is 4.97. The highest BCUT2D eigenvalue weighted by molar-refractivity contribution is 5.98. The molecule has 1 saturated heterocycles. The van der Waals surface area contributed by atoms with Gasteiger partial charge in [-0.25, -0.2) is 0 Å². The second-order valence-corrected chi connectivity index (χ2v) is 8.86. The number of hydrogen-bond donors (Lipinski definition) is 2. The van der Waals surface area contributed by atoms with Crippen LogP contribution in [-0.4, -0.2) is 33.8 Å².